The number of amides is 2. The fraction of sp³-hybridized carbons (Fsp3) is 0.419. The van der Waals surface area contributed by atoms with Crippen molar-refractivity contribution < 1.29 is 33.1 Å². The van der Waals surface area contributed by atoms with Crippen LogP contribution in [0.2, 0.25) is 0 Å². The molecule has 0 N–H and O–H groups in total. The molecular formula is C31H38N4O8. The number of carbonyl (C=O) groups is 2. The van der Waals surface area contributed by atoms with E-state index in [1.54, 1.807) is 37.5 Å². The molecule has 0 saturated carbocycles. The number of carbonyl (C=O) groups excluding carboxylic acids is 2. The molecule has 0 spiro atoms. The number of rotatable bonds is 15. The van der Waals surface area contributed by atoms with Gasteiger partial charge in [-0.2, -0.15) is 0 Å². The molecule has 0 bridgehead atoms. The minimum Gasteiger partial charge on any atom is -0.493 e. The summed E-state index contributed by atoms with van der Waals surface area (Å²) in [5.74, 6) is 1.13. The molecule has 0 aliphatic carbocycles. The van der Waals surface area contributed by atoms with Gasteiger partial charge < -0.3 is 28.4 Å². The first-order valence-corrected chi connectivity index (χ1v) is 14.2. The van der Waals surface area contributed by atoms with Crippen LogP contribution in [0.15, 0.2) is 65.3 Å². The number of hydrogen-bond donors (Lipinski definition) is 0. The number of furan rings is 1. The highest BCUT2D eigenvalue weighted by atomic mass is 16.6. The highest BCUT2D eigenvalue weighted by Gasteiger charge is 2.25. The van der Waals surface area contributed by atoms with Crippen LogP contribution < -0.4 is 9.47 Å². The first kappa shape index (κ1) is 31.5. The van der Waals surface area contributed by atoms with Crippen LogP contribution in [0.3, 0.4) is 0 Å². The zero-order valence-electron chi connectivity index (χ0n) is 24.6. The summed E-state index contributed by atoms with van der Waals surface area (Å²) in [5.41, 5.74) is 0.932. The quantitative estimate of drug-likeness (QED) is 0.191. The van der Waals surface area contributed by atoms with E-state index in [0.717, 1.165) is 25.2 Å². The number of nitro groups is 1. The first-order valence-electron chi connectivity index (χ1n) is 14.2. The third-order valence-electron chi connectivity index (χ3n) is 7.32. The van der Waals surface area contributed by atoms with Crippen molar-refractivity contribution in [3.8, 4) is 11.5 Å². The van der Waals surface area contributed by atoms with Crippen LogP contribution in [0.5, 0.6) is 11.5 Å². The molecule has 2 aromatic carbocycles. The van der Waals surface area contributed by atoms with Gasteiger partial charge in [-0.05, 0) is 48.7 Å². The number of non-ortho nitro benzene ring substituents is 1. The van der Waals surface area contributed by atoms with E-state index in [-0.39, 0.29) is 30.2 Å². The second-order valence-corrected chi connectivity index (χ2v) is 10.2. The van der Waals surface area contributed by atoms with E-state index >= 15 is 0 Å². The summed E-state index contributed by atoms with van der Waals surface area (Å²) in [6.07, 6.45) is 2.72. The molecule has 1 aliphatic rings. The number of nitrogens with zero attached hydrogens (tertiary/aromatic N) is 4. The molecule has 0 unspecified atom stereocenters. The summed E-state index contributed by atoms with van der Waals surface area (Å²) in [6, 6.07) is 14.8. The predicted molar refractivity (Wildman–Crippen MR) is 158 cm³/mol. The fourth-order valence-corrected chi connectivity index (χ4v) is 4.94. The number of morpholine rings is 1. The van der Waals surface area contributed by atoms with E-state index in [1.165, 1.54) is 29.2 Å². The predicted octanol–water partition coefficient (Wildman–Crippen LogP) is 3.64. The molecule has 4 rings (SSSR count). The van der Waals surface area contributed by atoms with Gasteiger partial charge in [0.2, 0.25) is 5.91 Å². The van der Waals surface area contributed by atoms with Crippen molar-refractivity contribution in [1.29, 1.82) is 0 Å². The topological polar surface area (TPSA) is 128 Å². The van der Waals surface area contributed by atoms with Crippen molar-refractivity contribution in [1.82, 2.24) is 14.7 Å². The van der Waals surface area contributed by atoms with Crippen LogP contribution >= 0.6 is 0 Å². The second kappa shape index (κ2) is 15.7. The molecule has 12 heteroatoms. The number of ether oxygens (including phenoxy) is 3. The van der Waals surface area contributed by atoms with E-state index < -0.39 is 10.8 Å². The van der Waals surface area contributed by atoms with Gasteiger partial charge in [-0.25, -0.2) is 0 Å². The smallest absolute Gasteiger partial charge is 0.270 e. The SMILES string of the molecule is COc1ccc(CCN(Cc2ccco2)C(=O)CN(CCCN2CCOCC2)C(=O)c2cccc([N+](=O)[O-])c2)cc1OC. The molecule has 0 atom stereocenters. The van der Waals surface area contributed by atoms with Gasteiger partial charge >= 0.3 is 0 Å². The lowest BCUT2D eigenvalue weighted by atomic mass is 10.1. The molecule has 1 saturated heterocycles. The third kappa shape index (κ3) is 9.03. The van der Waals surface area contributed by atoms with E-state index in [2.05, 4.69) is 4.90 Å². The minimum absolute atomic E-state index is 0.163. The Hall–Kier alpha value is -4.42. The maximum atomic E-state index is 13.8. The number of benzene rings is 2. The monoisotopic (exact) mass is 594 g/mol. The van der Waals surface area contributed by atoms with Crippen molar-refractivity contribution in [2.45, 2.75) is 19.4 Å². The molecule has 12 nitrogen and oxygen atoms in total. The Morgan fingerprint density at radius 1 is 0.977 bits per heavy atom. The summed E-state index contributed by atoms with van der Waals surface area (Å²) in [7, 11) is 3.14. The largest absolute Gasteiger partial charge is 0.493 e. The van der Waals surface area contributed by atoms with Crippen molar-refractivity contribution in [2.75, 3.05) is 66.7 Å². The Morgan fingerprint density at radius 3 is 2.47 bits per heavy atom. The molecular weight excluding hydrogens is 556 g/mol. The van der Waals surface area contributed by atoms with Gasteiger partial charge in [-0.3, -0.25) is 24.6 Å². The van der Waals surface area contributed by atoms with Gasteiger partial charge in [0, 0.05) is 50.4 Å². The van der Waals surface area contributed by atoms with Crippen LogP contribution in [0.1, 0.15) is 28.1 Å². The van der Waals surface area contributed by atoms with Crippen LogP contribution in [-0.2, 0) is 22.5 Å². The Balaban J connectivity index is 1.51. The fourth-order valence-electron chi connectivity index (χ4n) is 4.94. The lowest BCUT2D eigenvalue weighted by Crippen LogP contribution is -2.44. The molecule has 230 valence electrons. The van der Waals surface area contributed by atoms with Gasteiger partial charge in [-0.15, -0.1) is 0 Å². The van der Waals surface area contributed by atoms with Crippen LogP contribution in [0.25, 0.3) is 0 Å². The zero-order chi connectivity index (χ0) is 30.6. The maximum absolute atomic E-state index is 13.8. The van der Waals surface area contributed by atoms with Gasteiger partial charge in [-0.1, -0.05) is 12.1 Å². The summed E-state index contributed by atoms with van der Waals surface area (Å²) in [6.45, 7) is 4.41. The van der Waals surface area contributed by atoms with Crippen molar-refractivity contribution in [2.24, 2.45) is 0 Å². The van der Waals surface area contributed by atoms with Gasteiger partial charge in [0.05, 0.1) is 45.2 Å². The third-order valence-corrected chi connectivity index (χ3v) is 7.32. The molecule has 1 fully saturated rings. The summed E-state index contributed by atoms with van der Waals surface area (Å²) in [5, 5.41) is 11.4. The second-order valence-electron chi connectivity index (χ2n) is 10.2. The first-order chi connectivity index (χ1) is 20.9. The number of nitro benzene ring substituents is 1. The maximum Gasteiger partial charge on any atom is 0.270 e. The standard InChI is InChI=1S/C31H38N4O8/c1-40-28-10-9-24(20-29(28)41-2)11-14-33(22-27-8-4-17-43-27)30(36)23-34(13-5-12-32-15-18-42-19-16-32)31(37)25-6-3-7-26(21-25)35(38)39/h3-4,6-10,17,20-21H,5,11-16,18-19,22-23H2,1-2H3. The van der Waals surface area contributed by atoms with Gasteiger partial charge in [0.15, 0.2) is 11.5 Å². The van der Waals surface area contributed by atoms with Gasteiger partial charge in [0.1, 0.15) is 12.3 Å². The van der Waals surface area contributed by atoms with E-state index in [9.17, 15) is 19.7 Å². The van der Waals surface area contributed by atoms with Crippen molar-refractivity contribution in [3.05, 3.63) is 87.9 Å². The highest BCUT2D eigenvalue weighted by molar-refractivity contribution is 5.97. The normalized spacial score (nSPS) is 13.3. The Labute approximate surface area is 250 Å². The molecule has 3 aromatic rings. The van der Waals surface area contributed by atoms with Crippen LogP contribution in [0, 0.1) is 10.1 Å². The average Bonchev–Trinajstić information content (AvgIpc) is 3.55. The van der Waals surface area contributed by atoms with Crippen molar-refractivity contribution >= 4 is 17.5 Å². The van der Waals surface area contributed by atoms with Crippen LogP contribution in [0.4, 0.5) is 5.69 Å². The Bertz CT molecular complexity index is 1360. The molecule has 43 heavy (non-hydrogen) atoms. The summed E-state index contributed by atoms with van der Waals surface area (Å²) < 4.78 is 21.7. The lowest BCUT2D eigenvalue weighted by molar-refractivity contribution is -0.384. The number of methoxy groups -OCH3 is 2. The summed E-state index contributed by atoms with van der Waals surface area (Å²) in [4.78, 5) is 43.7. The number of hydrogen-bond acceptors (Lipinski definition) is 9. The van der Waals surface area contributed by atoms with Crippen LogP contribution in [-0.4, -0.2) is 98.1 Å². The molecule has 1 aliphatic heterocycles. The molecule has 2 heterocycles. The molecule has 2 amide bonds. The summed E-state index contributed by atoms with van der Waals surface area (Å²) >= 11 is 0. The highest BCUT2D eigenvalue weighted by Crippen LogP contribution is 2.28. The Kier molecular flexibility index (Phi) is 11.5. The zero-order valence-corrected chi connectivity index (χ0v) is 24.6. The minimum atomic E-state index is -0.538. The average molecular weight is 595 g/mol. The lowest BCUT2D eigenvalue weighted by Gasteiger charge is -2.30. The van der Waals surface area contributed by atoms with Crippen molar-refractivity contribution in [3.63, 3.8) is 0 Å². The molecule has 0 radical (unpaired) electrons. The Morgan fingerprint density at radius 2 is 1.77 bits per heavy atom. The molecule has 1 aromatic heterocycles. The van der Waals surface area contributed by atoms with E-state index in [4.69, 9.17) is 18.6 Å². The van der Waals surface area contributed by atoms with Gasteiger partial charge in [0.25, 0.3) is 11.6 Å². The van der Waals surface area contributed by atoms with E-state index in [0.29, 0.717) is 56.4 Å². The van der Waals surface area contributed by atoms with E-state index in [1.807, 2.05) is 18.2 Å².